The van der Waals surface area contributed by atoms with Gasteiger partial charge < -0.3 is 4.74 Å². The first kappa shape index (κ1) is 14.5. The van der Waals surface area contributed by atoms with E-state index in [1.54, 1.807) is 0 Å². The summed E-state index contributed by atoms with van der Waals surface area (Å²) < 4.78 is 16.9. The van der Waals surface area contributed by atoms with Gasteiger partial charge >= 0.3 is 12.0 Å². The molecule has 0 spiro atoms. The fraction of sp³-hybridized carbons (Fsp3) is 0.833. The van der Waals surface area contributed by atoms with Gasteiger partial charge in [-0.05, 0) is 29.4 Å². The maximum Gasteiger partial charge on any atom is 0.323 e. The first-order valence-electron chi connectivity index (χ1n) is 3.74. The molecule has 4 nitrogen and oxygen atoms in total. The van der Waals surface area contributed by atoms with Gasteiger partial charge in [0.15, 0.2) is 0 Å². The lowest BCUT2D eigenvalue weighted by Gasteiger charge is -2.26. The second kappa shape index (κ2) is 6.19. The van der Waals surface area contributed by atoms with Crippen molar-refractivity contribution in [1.82, 2.24) is 4.67 Å². The summed E-state index contributed by atoms with van der Waals surface area (Å²) in [6, 6.07) is -0.778. The SMILES string of the molecule is COC(=O)C(C)N(CCCl)P(=O)(Cl)Cl. The molecule has 0 aromatic rings. The molecule has 8 heteroatoms. The number of carbonyl (C=O) groups is 1. The van der Waals surface area contributed by atoms with Gasteiger partial charge in [-0.15, -0.1) is 11.6 Å². The van der Waals surface area contributed by atoms with Gasteiger partial charge in [0.05, 0.1) is 7.11 Å². The van der Waals surface area contributed by atoms with E-state index in [4.69, 9.17) is 34.1 Å². The number of hydrogen-bond acceptors (Lipinski definition) is 3. The molecule has 0 radical (unpaired) electrons. The van der Waals surface area contributed by atoms with Crippen molar-refractivity contribution in [2.75, 3.05) is 19.5 Å². The summed E-state index contributed by atoms with van der Waals surface area (Å²) in [5.41, 5.74) is 0. The highest BCUT2D eigenvalue weighted by atomic mass is 35.9. The molecule has 0 saturated carbocycles. The number of nitrogens with zero attached hydrogens (tertiary/aromatic N) is 1. The van der Waals surface area contributed by atoms with Crippen LogP contribution in [0.4, 0.5) is 0 Å². The van der Waals surface area contributed by atoms with Crippen LogP contribution in [0, 0.1) is 0 Å². The number of ether oxygens (including phenoxy) is 1. The molecule has 1 atom stereocenters. The molecule has 0 rings (SSSR count). The van der Waals surface area contributed by atoms with E-state index in [1.807, 2.05) is 0 Å². The van der Waals surface area contributed by atoms with E-state index in [0.29, 0.717) is 0 Å². The molecule has 0 heterocycles. The summed E-state index contributed by atoms with van der Waals surface area (Å²) in [5, 5.41) is 0. The summed E-state index contributed by atoms with van der Waals surface area (Å²) in [6.45, 7) is 1.65. The molecule has 1 unspecified atom stereocenters. The van der Waals surface area contributed by atoms with E-state index in [-0.39, 0.29) is 12.4 Å². The number of esters is 1. The van der Waals surface area contributed by atoms with E-state index < -0.39 is 18.0 Å². The van der Waals surface area contributed by atoms with E-state index >= 15 is 0 Å². The van der Waals surface area contributed by atoms with Crippen molar-refractivity contribution in [3.05, 3.63) is 0 Å². The Morgan fingerprint density at radius 1 is 1.57 bits per heavy atom. The standard InChI is InChI=1S/C6H11Cl3NO3P/c1-5(6(11)13-2)10(4-3-7)14(8,9)12/h5H,3-4H2,1-2H3. The number of methoxy groups -OCH3 is 1. The molecular formula is C6H11Cl3NO3P. The van der Waals surface area contributed by atoms with Crippen LogP contribution in [0.1, 0.15) is 6.92 Å². The van der Waals surface area contributed by atoms with Crippen LogP contribution in [0.3, 0.4) is 0 Å². The van der Waals surface area contributed by atoms with Gasteiger partial charge in [0, 0.05) is 12.4 Å². The predicted molar refractivity (Wildman–Crippen MR) is 58.2 cm³/mol. The molecule has 0 bridgehead atoms. The van der Waals surface area contributed by atoms with E-state index in [0.717, 1.165) is 4.67 Å². The highest BCUT2D eigenvalue weighted by Crippen LogP contribution is 2.60. The van der Waals surface area contributed by atoms with Crippen molar-refractivity contribution in [2.24, 2.45) is 0 Å². The smallest absolute Gasteiger partial charge is 0.323 e. The molecule has 0 aliphatic rings. The minimum absolute atomic E-state index is 0.155. The largest absolute Gasteiger partial charge is 0.468 e. The van der Waals surface area contributed by atoms with Crippen molar-refractivity contribution in [2.45, 2.75) is 13.0 Å². The lowest BCUT2D eigenvalue weighted by molar-refractivity contribution is -0.144. The van der Waals surface area contributed by atoms with Crippen LogP contribution in [0.25, 0.3) is 0 Å². The first-order valence-corrected chi connectivity index (χ1v) is 7.75. The van der Waals surface area contributed by atoms with E-state index in [1.165, 1.54) is 14.0 Å². The van der Waals surface area contributed by atoms with Crippen LogP contribution < -0.4 is 0 Å². The second-order valence-electron chi connectivity index (χ2n) is 2.49. The third-order valence-electron chi connectivity index (χ3n) is 1.60. The van der Waals surface area contributed by atoms with Gasteiger partial charge in [0.25, 0.3) is 0 Å². The average molecular weight is 282 g/mol. The summed E-state index contributed by atoms with van der Waals surface area (Å²) in [5.74, 6) is -3.91. The fourth-order valence-electron chi connectivity index (χ4n) is 0.891. The molecule has 0 aliphatic carbocycles. The zero-order valence-corrected chi connectivity index (χ0v) is 10.9. The van der Waals surface area contributed by atoms with E-state index in [9.17, 15) is 9.36 Å². The molecular weight excluding hydrogens is 271 g/mol. The van der Waals surface area contributed by atoms with Crippen molar-refractivity contribution in [1.29, 1.82) is 0 Å². The summed E-state index contributed by atoms with van der Waals surface area (Å²) >= 11 is 16.4. The Morgan fingerprint density at radius 2 is 2.07 bits per heavy atom. The first-order chi connectivity index (χ1) is 6.34. The number of rotatable bonds is 5. The molecule has 0 saturated heterocycles. The van der Waals surface area contributed by atoms with Gasteiger partial charge in [-0.3, -0.25) is 9.36 Å². The summed E-state index contributed by atoms with van der Waals surface area (Å²) in [6.07, 6.45) is 0. The Balaban J connectivity index is 4.66. The maximum atomic E-state index is 11.4. The Labute approximate surface area is 97.4 Å². The van der Waals surface area contributed by atoms with Crippen molar-refractivity contribution >= 4 is 46.0 Å². The van der Waals surface area contributed by atoms with E-state index in [2.05, 4.69) is 4.74 Å². The molecule has 84 valence electrons. The van der Waals surface area contributed by atoms with Crippen LogP contribution in [-0.4, -0.2) is 36.2 Å². The number of alkyl halides is 1. The van der Waals surface area contributed by atoms with Crippen molar-refractivity contribution < 1.29 is 14.1 Å². The zero-order chi connectivity index (χ0) is 11.4. The summed E-state index contributed by atoms with van der Waals surface area (Å²) in [7, 11) is 1.23. The Morgan fingerprint density at radius 3 is 2.36 bits per heavy atom. The normalized spacial score (nSPS) is 14.1. The minimum atomic E-state index is -3.52. The Bertz CT molecular complexity index is 244. The molecule has 0 aromatic carbocycles. The number of hydrogen-bond donors (Lipinski definition) is 0. The Kier molecular flexibility index (Phi) is 6.42. The second-order valence-corrected chi connectivity index (χ2v) is 7.52. The van der Waals surface area contributed by atoms with Crippen LogP contribution >= 0.6 is 40.1 Å². The molecule has 0 fully saturated rings. The molecule has 0 aliphatic heterocycles. The predicted octanol–water partition coefficient (Wildman–Crippen LogP) is 2.67. The van der Waals surface area contributed by atoms with Crippen LogP contribution in [0.5, 0.6) is 0 Å². The van der Waals surface area contributed by atoms with Crippen LogP contribution in [0.15, 0.2) is 0 Å². The third kappa shape index (κ3) is 4.37. The zero-order valence-electron chi connectivity index (χ0n) is 7.74. The maximum absolute atomic E-state index is 11.4. The molecule has 0 N–H and O–H groups in total. The van der Waals surface area contributed by atoms with Gasteiger partial charge in [-0.25, -0.2) is 4.67 Å². The quantitative estimate of drug-likeness (QED) is 0.442. The molecule has 0 amide bonds. The highest BCUT2D eigenvalue weighted by molar-refractivity contribution is 8.07. The molecule has 14 heavy (non-hydrogen) atoms. The topological polar surface area (TPSA) is 46.6 Å². The molecule has 0 aromatic heterocycles. The van der Waals surface area contributed by atoms with Crippen molar-refractivity contribution in [3.63, 3.8) is 0 Å². The van der Waals surface area contributed by atoms with Gasteiger partial charge in [-0.1, -0.05) is 0 Å². The minimum Gasteiger partial charge on any atom is -0.468 e. The van der Waals surface area contributed by atoms with Gasteiger partial charge in [-0.2, -0.15) is 0 Å². The van der Waals surface area contributed by atoms with Crippen LogP contribution in [-0.2, 0) is 14.1 Å². The number of halogens is 3. The lowest BCUT2D eigenvalue weighted by Crippen LogP contribution is -2.36. The third-order valence-corrected chi connectivity index (χ3v) is 4.08. The lowest BCUT2D eigenvalue weighted by atomic mass is 10.3. The average Bonchev–Trinajstić information content (AvgIpc) is 2.09. The monoisotopic (exact) mass is 281 g/mol. The Hall–Kier alpha value is 0.530. The number of carbonyl (C=O) groups excluding carboxylic acids is 1. The van der Waals surface area contributed by atoms with Gasteiger partial charge in [0.1, 0.15) is 6.04 Å². The highest BCUT2D eigenvalue weighted by Gasteiger charge is 2.33. The summed E-state index contributed by atoms with van der Waals surface area (Å²) in [4.78, 5) is 11.1. The van der Waals surface area contributed by atoms with Crippen LogP contribution in [0.2, 0.25) is 0 Å². The van der Waals surface area contributed by atoms with Gasteiger partial charge in [0.2, 0.25) is 0 Å². The fourth-order valence-corrected chi connectivity index (χ4v) is 3.26. The van der Waals surface area contributed by atoms with Crippen molar-refractivity contribution in [3.8, 4) is 0 Å².